The van der Waals surface area contributed by atoms with E-state index in [1.54, 1.807) is 0 Å². The van der Waals surface area contributed by atoms with Gasteiger partial charge in [0.05, 0.1) is 12.5 Å². The summed E-state index contributed by atoms with van der Waals surface area (Å²) in [7, 11) is 0. The molecule has 1 atom stereocenters. The summed E-state index contributed by atoms with van der Waals surface area (Å²) in [5, 5.41) is 0. The summed E-state index contributed by atoms with van der Waals surface area (Å²) in [5.74, 6) is 0.165. The molecule has 0 aromatic rings. The van der Waals surface area contributed by atoms with Crippen LogP contribution in [0.1, 0.15) is 149 Å². The molecule has 0 saturated heterocycles. The first kappa shape index (κ1) is 27.5. The van der Waals surface area contributed by atoms with Crippen LogP contribution in [0.2, 0.25) is 0 Å². The van der Waals surface area contributed by atoms with Crippen LogP contribution in [0.4, 0.5) is 0 Å². The van der Waals surface area contributed by atoms with Crippen LogP contribution in [0, 0.1) is 5.92 Å². The Labute approximate surface area is 177 Å². The lowest BCUT2D eigenvalue weighted by Crippen LogP contribution is -2.17. The molecule has 28 heavy (non-hydrogen) atoms. The fourth-order valence-corrected chi connectivity index (χ4v) is 3.88. The Balaban J connectivity index is 3.24. The summed E-state index contributed by atoms with van der Waals surface area (Å²) < 4.78 is 5.47. The molecule has 0 spiro atoms. The first-order valence-electron chi connectivity index (χ1n) is 12.9. The summed E-state index contributed by atoms with van der Waals surface area (Å²) in [6, 6.07) is 0. The number of carbonyl (C=O) groups is 1. The Morgan fingerprint density at radius 1 is 0.571 bits per heavy atom. The van der Waals surface area contributed by atoms with E-state index in [1.165, 1.54) is 96.3 Å². The lowest BCUT2D eigenvalue weighted by Gasteiger charge is -2.13. The van der Waals surface area contributed by atoms with Crippen molar-refractivity contribution in [1.29, 1.82) is 0 Å². The highest BCUT2D eigenvalue weighted by atomic mass is 16.5. The SMILES string of the molecule is CCCCCCCCCCCCCCCCCCOC(=O)C(CC)CCCC. The van der Waals surface area contributed by atoms with Gasteiger partial charge in [-0.15, -0.1) is 0 Å². The van der Waals surface area contributed by atoms with Crippen LogP contribution in [0.15, 0.2) is 0 Å². The lowest BCUT2D eigenvalue weighted by molar-refractivity contribution is -0.149. The van der Waals surface area contributed by atoms with Crippen molar-refractivity contribution < 1.29 is 9.53 Å². The standard InChI is InChI=1S/C26H52O2/c1-4-7-9-10-11-12-13-14-15-16-17-18-19-20-21-22-24-28-26(27)25(6-3)23-8-5-2/h25H,4-24H2,1-3H3. The van der Waals surface area contributed by atoms with Crippen molar-refractivity contribution in [3.05, 3.63) is 0 Å². The second kappa shape index (κ2) is 22.8. The molecule has 0 aliphatic carbocycles. The van der Waals surface area contributed by atoms with Crippen molar-refractivity contribution in [2.45, 2.75) is 149 Å². The summed E-state index contributed by atoms with van der Waals surface area (Å²) in [5.41, 5.74) is 0. The van der Waals surface area contributed by atoms with E-state index in [1.807, 2.05) is 0 Å². The van der Waals surface area contributed by atoms with E-state index >= 15 is 0 Å². The zero-order valence-corrected chi connectivity index (χ0v) is 19.7. The highest BCUT2D eigenvalue weighted by molar-refractivity contribution is 5.72. The fraction of sp³-hybridized carbons (Fsp3) is 0.962. The van der Waals surface area contributed by atoms with Gasteiger partial charge in [-0.05, 0) is 19.3 Å². The number of ether oxygens (including phenoxy) is 1. The van der Waals surface area contributed by atoms with E-state index in [4.69, 9.17) is 4.74 Å². The molecular weight excluding hydrogens is 344 g/mol. The Morgan fingerprint density at radius 2 is 0.964 bits per heavy atom. The maximum Gasteiger partial charge on any atom is 0.308 e. The number of hydrogen-bond donors (Lipinski definition) is 0. The molecule has 0 saturated carbocycles. The van der Waals surface area contributed by atoms with Crippen LogP contribution in [0.3, 0.4) is 0 Å². The number of hydrogen-bond acceptors (Lipinski definition) is 2. The number of carbonyl (C=O) groups excluding carboxylic acids is 1. The van der Waals surface area contributed by atoms with Crippen LogP contribution < -0.4 is 0 Å². The molecule has 0 heterocycles. The first-order chi connectivity index (χ1) is 13.8. The van der Waals surface area contributed by atoms with E-state index in [0.29, 0.717) is 6.61 Å². The van der Waals surface area contributed by atoms with Gasteiger partial charge in [-0.25, -0.2) is 0 Å². The number of unbranched alkanes of at least 4 members (excludes halogenated alkanes) is 16. The van der Waals surface area contributed by atoms with Crippen molar-refractivity contribution >= 4 is 5.97 Å². The van der Waals surface area contributed by atoms with Crippen molar-refractivity contribution in [2.75, 3.05) is 6.61 Å². The zero-order valence-electron chi connectivity index (χ0n) is 19.7. The third-order valence-corrected chi connectivity index (χ3v) is 5.97. The van der Waals surface area contributed by atoms with Crippen molar-refractivity contribution in [3.8, 4) is 0 Å². The topological polar surface area (TPSA) is 26.3 Å². The molecule has 0 radical (unpaired) electrons. The summed E-state index contributed by atoms with van der Waals surface area (Å²) in [6.45, 7) is 7.18. The van der Waals surface area contributed by atoms with Crippen LogP contribution in [-0.2, 0) is 9.53 Å². The van der Waals surface area contributed by atoms with E-state index in [2.05, 4.69) is 20.8 Å². The van der Waals surface area contributed by atoms with Gasteiger partial charge in [0.15, 0.2) is 0 Å². The molecule has 168 valence electrons. The molecule has 0 aliphatic rings. The molecule has 0 aromatic heterocycles. The van der Waals surface area contributed by atoms with Crippen LogP contribution in [0.5, 0.6) is 0 Å². The van der Waals surface area contributed by atoms with Gasteiger partial charge in [-0.3, -0.25) is 4.79 Å². The third-order valence-electron chi connectivity index (χ3n) is 5.97. The molecule has 0 rings (SSSR count). The Morgan fingerprint density at radius 3 is 1.36 bits per heavy atom. The smallest absolute Gasteiger partial charge is 0.308 e. The third kappa shape index (κ3) is 18.8. The zero-order chi connectivity index (χ0) is 20.7. The van der Waals surface area contributed by atoms with Crippen molar-refractivity contribution in [2.24, 2.45) is 5.92 Å². The van der Waals surface area contributed by atoms with Gasteiger partial charge in [-0.2, -0.15) is 0 Å². The Hall–Kier alpha value is -0.530. The molecule has 2 nitrogen and oxygen atoms in total. The summed E-state index contributed by atoms with van der Waals surface area (Å²) >= 11 is 0. The van der Waals surface area contributed by atoms with Crippen LogP contribution >= 0.6 is 0 Å². The van der Waals surface area contributed by atoms with Gasteiger partial charge in [0.25, 0.3) is 0 Å². The minimum atomic E-state index is 0.0388. The van der Waals surface area contributed by atoms with Crippen molar-refractivity contribution in [1.82, 2.24) is 0 Å². The molecule has 0 N–H and O–H groups in total. The summed E-state index contributed by atoms with van der Waals surface area (Å²) in [6.07, 6.45) is 26.2. The molecule has 0 amide bonds. The molecule has 0 aliphatic heterocycles. The van der Waals surface area contributed by atoms with Gasteiger partial charge in [0.2, 0.25) is 0 Å². The molecule has 0 aromatic carbocycles. The molecule has 2 heteroatoms. The van der Waals surface area contributed by atoms with E-state index < -0.39 is 0 Å². The average molecular weight is 397 g/mol. The monoisotopic (exact) mass is 396 g/mol. The van der Waals surface area contributed by atoms with E-state index in [9.17, 15) is 4.79 Å². The molecular formula is C26H52O2. The quantitative estimate of drug-likeness (QED) is 0.135. The minimum Gasteiger partial charge on any atom is -0.465 e. The maximum atomic E-state index is 12.0. The predicted molar refractivity (Wildman–Crippen MR) is 124 cm³/mol. The van der Waals surface area contributed by atoms with Gasteiger partial charge in [-0.1, -0.05) is 130 Å². The fourth-order valence-electron chi connectivity index (χ4n) is 3.88. The van der Waals surface area contributed by atoms with Gasteiger partial charge < -0.3 is 4.74 Å². The Kier molecular flexibility index (Phi) is 22.3. The maximum absolute atomic E-state index is 12.0. The van der Waals surface area contributed by atoms with Gasteiger partial charge >= 0.3 is 5.97 Å². The van der Waals surface area contributed by atoms with Gasteiger partial charge in [0.1, 0.15) is 0 Å². The van der Waals surface area contributed by atoms with Crippen LogP contribution in [0.25, 0.3) is 0 Å². The van der Waals surface area contributed by atoms with E-state index in [0.717, 1.165) is 32.1 Å². The lowest BCUT2D eigenvalue weighted by atomic mass is 10.00. The molecule has 1 unspecified atom stereocenters. The number of rotatable bonds is 22. The average Bonchev–Trinajstić information content (AvgIpc) is 2.70. The Bertz CT molecular complexity index is 314. The molecule has 0 bridgehead atoms. The highest BCUT2D eigenvalue weighted by Crippen LogP contribution is 2.16. The summed E-state index contributed by atoms with van der Waals surface area (Å²) in [4.78, 5) is 12.0. The minimum absolute atomic E-state index is 0.0388. The number of esters is 1. The van der Waals surface area contributed by atoms with Crippen molar-refractivity contribution in [3.63, 3.8) is 0 Å². The molecule has 0 fully saturated rings. The second-order valence-electron chi connectivity index (χ2n) is 8.72. The van der Waals surface area contributed by atoms with Crippen LogP contribution in [-0.4, -0.2) is 12.6 Å². The first-order valence-corrected chi connectivity index (χ1v) is 12.9. The normalized spacial score (nSPS) is 12.2. The predicted octanol–water partition coefficient (Wildman–Crippen LogP) is 9.01. The highest BCUT2D eigenvalue weighted by Gasteiger charge is 2.16. The van der Waals surface area contributed by atoms with Gasteiger partial charge in [0, 0.05) is 0 Å². The largest absolute Gasteiger partial charge is 0.465 e. The van der Waals surface area contributed by atoms with E-state index in [-0.39, 0.29) is 11.9 Å². The second-order valence-corrected chi connectivity index (χ2v) is 8.72.